The fourth-order valence-electron chi connectivity index (χ4n) is 7.34. The van der Waals surface area contributed by atoms with Crippen LogP contribution >= 0.6 is 27.5 Å². The highest BCUT2D eigenvalue weighted by molar-refractivity contribution is 9.10. The van der Waals surface area contributed by atoms with Crippen LogP contribution in [0.5, 0.6) is 11.5 Å². The number of sulfone groups is 1. The van der Waals surface area contributed by atoms with E-state index in [9.17, 15) is 13.2 Å². The van der Waals surface area contributed by atoms with Crippen molar-refractivity contribution in [3.8, 4) is 11.5 Å². The highest BCUT2D eigenvalue weighted by Gasteiger charge is 2.41. The molecule has 0 fully saturated rings. The highest BCUT2D eigenvalue weighted by atomic mass is 79.9. The number of rotatable bonds is 12. The first-order valence-corrected chi connectivity index (χ1v) is 21.9. The molecule has 13 nitrogen and oxygen atoms in total. The lowest BCUT2D eigenvalue weighted by Crippen LogP contribution is -2.30. The molecule has 0 spiro atoms. The summed E-state index contributed by atoms with van der Waals surface area (Å²) < 4.78 is 95.4. The maximum absolute atomic E-state index is 15.0. The minimum Gasteiger partial charge on any atom is -0.497 e. The molecule has 4 heterocycles. The van der Waals surface area contributed by atoms with Crippen LogP contribution in [-0.2, 0) is 64.7 Å². The van der Waals surface area contributed by atoms with E-state index >= 15 is 13.2 Å². The van der Waals surface area contributed by atoms with E-state index in [1.807, 2.05) is 34.1 Å². The minimum absolute atomic E-state index is 0.106. The molecule has 0 bridgehead atoms. The summed E-state index contributed by atoms with van der Waals surface area (Å²) in [5.74, 6) is 0.965. The van der Waals surface area contributed by atoms with Crippen molar-refractivity contribution in [1.29, 1.82) is 0 Å². The minimum atomic E-state index is -4.87. The van der Waals surface area contributed by atoms with Gasteiger partial charge in [-0.05, 0) is 82.4 Å². The summed E-state index contributed by atoms with van der Waals surface area (Å²) in [6, 6.07) is 17.5. The number of hydrogen-bond donors (Lipinski definition) is 0. The molecule has 0 unspecified atom stereocenters. The molecular formula is C41H41BrClF3N6O7S. The molecule has 0 amide bonds. The number of halogens is 5. The SMILES string of the molecule is CCOC(=O)c1nn2c(c1Br)CN(c1nc(S(C)(=O)=O)nc3c1CO[C@@H](c1cc(N(Cc4ccc(OC)cc4)Cc4ccc(OC)cc4)cc(Cl)c1C(F)(F)F)C3)CCC2. The van der Waals surface area contributed by atoms with Gasteiger partial charge in [0.2, 0.25) is 15.0 Å². The Labute approximate surface area is 358 Å². The molecule has 2 aliphatic rings. The second-order valence-electron chi connectivity index (χ2n) is 14.3. The molecular weight excluding hydrogens is 893 g/mol. The van der Waals surface area contributed by atoms with Crippen LogP contribution in [0.3, 0.4) is 0 Å². The second kappa shape index (κ2) is 17.6. The van der Waals surface area contributed by atoms with E-state index in [2.05, 4.69) is 31.0 Å². The average Bonchev–Trinajstić information content (AvgIpc) is 3.37. The van der Waals surface area contributed by atoms with Gasteiger partial charge < -0.3 is 28.7 Å². The highest BCUT2D eigenvalue weighted by Crippen LogP contribution is 2.46. The molecule has 2 aliphatic heterocycles. The van der Waals surface area contributed by atoms with Crippen molar-refractivity contribution in [2.75, 3.05) is 43.4 Å². The Morgan fingerprint density at radius 3 is 2.20 bits per heavy atom. The van der Waals surface area contributed by atoms with Gasteiger partial charge in [0.05, 0.1) is 66.5 Å². The van der Waals surface area contributed by atoms with Gasteiger partial charge >= 0.3 is 12.1 Å². The third-order valence-electron chi connectivity index (χ3n) is 10.3. The number of anilines is 2. The van der Waals surface area contributed by atoms with Crippen LogP contribution in [0, 0.1) is 0 Å². The lowest BCUT2D eigenvalue weighted by Gasteiger charge is -2.33. The van der Waals surface area contributed by atoms with Crippen LogP contribution in [0.25, 0.3) is 0 Å². The predicted molar refractivity (Wildman–Crippen MR) is 220 cm³/mol. The number of aryl methyl sites for hydroxylation is 1. The van der Waals surface area contributed by atoms with Crippen molar-refractivity contribution in [3.63, 3.8) is 0 Å². The van der Waals surface area contributed by atoms with Gasteiger partial charge in [-0.15, -0.1) is 0 Å². The molecule has 2 aromatic heterocycles. The van der Waals surface area contributed by atoms with E-state index in [4.69, 9.17) is 30.5 Å². The molecule has 19 heteroatoms. The van der Waals surface area contributed by atoms with Crippen LogP contribution in [0.15, 0.2) is 70.3 Å². The number of aromatic nitrogens is 4. The van der Waals surface area contributed by atoms with Gasteiger partial charge in [0.15, 0.2) is 5.69 Å². The summed E-state index contributed by atoms with van der Waals surface area (Å²) in [5, 5.41) is 3.46. The normalized spacial score (nSPS) is 15.5. The van der Waals surface area contributed by atoms with Crippen molar-refractivity contribution >= 4 is 54.8 Å². The summed E-state index contributed by atoms with van der Waals surface area (Å²) in [5.41, 5.74) is 2.25. The maximum Gasteiger partial charge on any atom is 0.418 e. The van der Waals surface area contributed by atoms with Gasteiger partial charge in [0, 0.05) is 50.1 Å². The quantitative estimate of drug-likeness (QED) is 0.0882. The molecule has 0 N–H and O–H groups in total. The van der Waals surface area contributed by atoms with Crippen molar-refractivity contribution < 1.29 is 45.3 Å². The molecule has 1 atom stereocenters. The Bertz CT molecular complexity index is 2460. The van der Waals surface area contributed by atoms with Gasteiger partial charge in [0.25, 0.3) is 0 Å². The topological polar surface area (TPSA) is 138 Å². The summed E-state index contributed by atoms with van der Waals surface area (Å²) in [7, 11) is -0.875. The van der Waals surface area contributed by atoms with Gasteiger partial charge in [-0.25, -0.2) is 23.2 Å². The molecule has 0 aliphatic carbocycles. The van der Waals surface area contributed by atoms with Crippen molar-refractivity contribution in [3.05, 3.63) is 115 Å². The van der Waals surface area contributed by atoms with Crippen LogP contribution in [0.1, 0.15) is 69.1 Å². The Hall–Kier alpha value is -4.91. The summed E-state index contributed by atoms with van der Waals surface area (Å²) in [6.45, 7) is 3.24. The van der Waals surface area contributed by atoms with E-state index < -0.39 is 43.8 Å². The molecule has 3 aromatic carbocycles. The van der Waals surface area contributed by atoms with Crippen molar-refractivity contribution in [1.82, 2.24) is 19.7 Å². The molecule has 7 rings (SSSR count). The molecule has 0 radical (unpaired) electrons. The van der Waals surface area contributed by atoms with Gasteiger partial charge in [-0.3, -0.25) is 4.68 Å². The number of nitrogens with zero attached hydrogens (tertiary/aromatic N) is 6. The van der Waals surface area contributed by atoms with Crippen LogP contribution in [-0.4, -0.2) is 67.8 Å². The Morgan fingerprint density at radius 1 is 1.00 bits per heavy atom. The van der Waals surface area contributed by atoms with Crippen LogP contribution in [0.2, 0.25) is 5.02 Å². The standard InChI is InChI=1S/C41H41BrClF3N6O7S/c1-5-58-39(53)37-36(42)33-22-50(15-6-16-52(33)49-37)38-30-23-59-34(19-32(30)47-40(48-38)60(4,54)55)29-17-26(18-31(43)35(29)41(44,45)46)51(20-24-7-11-27(56-2)12-8-24)21-25-9-13-28(57-3)14-10-25/h7-14,17-18,34H,5-6,15-16,19-23H2,1-4H3/t34-/m1/s1. The van der Waals surface area contributed by atoms with Gasteiger partial charge in [-0.2, -0.15) is 18.3 Å². The predicted octanol–water partition coefficient (Wildman–Crippen LogP) is 8.14. The largest absolute Gasteiger partial charge is 0.497 e. The molecule has 60 heavy (non-hydrogen) atoms. The Kier molecular flexibility index (Phi) is 12.7. The third kappa shape index (κ3) is 9.21. The van der Waals surface area contributed by atoms with E-state index in [0.717, 1.165) is 17.4 Å². The molecule has 0 saturated heterocycles. The number of methoxy groups -OCH3 is 2. The zero-order valence-electron chi connectivity index (χ0n) is 33.1. The first-order chi connectivity index (χ1) is 28.6. The van der Waals surface area contributed by atoms with Gasteiger partial charge in [-0.1, -0.05) is 35.9 Å². The fourth-order valence-corrected chi connectivity index (χ4v) is 8.77. The smallest absolute Gasteiger partial charge is 0.418 e. The van der Waals surface area contributed by atoms with Crippen molar-refractivity contribution in [2.24, 2.45) is 0 Å². The van der Waals surface area contributed by atoms with Gasteiger partial charge in [0.1, 0.15) is 17.3 Å². The first kappa shape index (κ1) is 43.2. The number of ether oxygens (including phenoxy) is 4. The number of hydrogen-bond acceptors (Lipinski definition) is 12. The van der Waals surface area contributed by atoms with Crippen LogP contribution in [0.4, 0.5) is 24.7 Å². The lowest BCUT2D eigenvalue weighted by molar-refractivity contribution is -0.139. The maximum atomic E-state index is 15.0. The Morgan fingerprint density at radius 2 is 1.63 bits per heavy atom. The summed E-state index contributed by atoms with van der Waals surface area (Å²) in [6.07, 6.45) is -4.79. The second-order valence-corrected chi connectivity index (χ2v) is 17.4. The van der Waals surface area contributed by atoms with Crippen LogP contribution < -0.4 is 19.3 Å². The van der Waals surface area contributed by atoms with E-state index in [-0.39, 0.29) is 48.9 Å². The lowest BCUT2D eigenvalue weighted by atomic mass is 9.94. The molecule has 318 valence electrons. The summed E-state index contributed by atoms with van der Waals surface area (Å²) in [4.78, 5) is 25.3. The van der Waals surface area contributed by atoms with E-state index in [1.54, 1.807) is 50.1 Å². The number of alkyl halides is 3. The molecule has 0 saturated carbocycles. The number of benzene rings is 3. The zero-order valence-corrected chi connectivity index (χ0v) is 36.2. The van der Waals surface area contributed by atoms with E-state index in [1.165, 1.54) is 12.1 Å². The third-order valence-corrected chi connectivity index (χ3v) is 12.2. The van der Waals surface area contributed by atoms with Crippen molar-refractivity contribution in [2.45, 2.75) is 70.0 Å². The average molecular weight is 934 g/mol. The van der Waals surface area contributed by atoms with E-state index in [0.29, 0.717) is 65.5 Å². The number of fused-ring (bicyclic) bond motifs is 2. The number of carbonyl (C=O) groups is 1. The number of esters is 1. The number of carbonyl (C=O) groups excluding carboxylic acids is 1. The zero-order chi connectivity index (χ0) is 42.9. The fraction of sp³-hybridized carbons (Fsp3) is 0.366. The first-order valence-electron chi connectivity index (χ1n) is 18.9. The summed E-state index contributed by atoms with van der Waals surface area (Å²) >= 11 is 10.1. The monoisotopic (exact) mass is 932 g/mol. The molecule has 5 aromatic rings. The Balaban J connectivity index is 1.29.